The summed E-state index contributed by atoms with van der Waals surface area (Å²) in [5.74, 6) is -1.01. The Hall–Kier alpha value is -4.14. The first-order valence-corrected chi connectivity index (χ1v) is 9.99. The topological polar surface area (TPSA) is 107 Å². The molecule has 1 heterocycles. The first kappa shape index (κ1) is 22.5. The number of aromatic nitrogens is 2. The van der Waals surface area contributed by atoms with Crippen molar-refractivity contribution in [2.75, 3.05) is 11.9 Å². The molecule has 9 nitrogen and oxygen atoms in total. The van der Waals surface area contributed by atoms with Crippen LogP contribution >= 0.6 is 0 Å². The van der Waals surface area contributed by atoms with Gasteiger partial charge in [0, 0.05) is 13.6 Å². The van der Waals surface area contributed by atoms with E-state index in [1.54, 1.807) is 30.8 Å². The second-order valence-electron chi connectivity index (χ2n) is 7.20. The van der Waals surface area contributed by atoms with Crippen molar-refractivity contribution in [3.63, 3.8) is 0 Å². The second-order valence-corrected chi connectivity index (χ2v) is 7.20. The number of amides is 2. The Labute approximate surface area is 185 Å². The molecule has 2 aromatic carbocycles. The fourth-order valence-corrected chi connectivity index (χ4v) is 3.01. The van der Waals surface area contributed by atoms with E-state index in [9.17, 15) is 14.4 Å². The molecule has 0 unspecified atom stereocenters. The molecule has 2 amide bonds. The van der Waals surface area contributed by atoms with E-state index in [4.69, 9.17) is 4.84 Å². The molecule has 0 aliphatic carbocycles. The van der Waals surface area contributed by atoms with Crippen LogP contribution in [0.15, 0.2) is 64.5 Å². The van der Waals surface area contributed by atoms with Crippen LogP contribution in [-0.2, 0) is 28.0 Å². The summed E-state index contributed by atoms with van der Waals surface area (Å²) in [5, 5.41) is 8.73. The predicted molar refractivity (Wildman–Crippen MR) is 122 cm³/mol. The lowest BCUT2D eigenvalue weighted by molar-refractivity contribution is -0.126. The van der Waals surface area contributed by atoms with E-state index in [1.165, 1.54) is 4.68 Å². The minimum Gasteiger partial charge on any atom is -0.386 e. The zero-order chi connectivity index (χ0) is 23.1. The van der Waals surface area contributed by atoms with Gasteiger partial charge in [0.05, 0.1) is 11.4 Å². The van der Waals surface area contributed by atoms with Gasteiger partial charge in [-0.2, -0.15) is 0 Å². The van der Waals surface area contributed by atoms with Gasteiger partial charge in [-0.15, -0.1) is 0 Å². The third kappa shape index (κ3) is 5.51. The number of oxime groups is 1. The van der Waals surface area contributed by atoms with Gasteiger partial charge in [0.2, 0.25) is 0 Å². The third-order valence-electron chi connectivity index (χ3n) is 4.85. The van der Waals surface area contributed by atoms with Gasteiger partial charge in [-0.25, -0.2) is 4.68 Å². The summed E-state index contributed by atoms with van der Waals surface area (Å²) >= 11 is 0. The molecule has 3 aromatic rings. The Morgan fingerprint density at radius 2 is 1.75 bits per heavy atom. The molecule has 0 atom stereocenters. The van der Waals surface area contributed by atoms with Crippen molar-refractivity contribution in [3.8, 4) is 5.69 Å². The summed E-state index contributed by atoms with van der Waals surface area (Å²) in [6, 6.07) is 16.9. The number of nitrogens with zero attached hydrogens (tertiary/aromatic N) is 3. The first-order chi connectivity index (χ1) is 15.4. The highest BCUT2D eigenvalue weighted by Gasteiger charge is 2.17. The lowest BCUT2D eigenvalue weighted by Crippen LogP contribution is -2.26. The van der Waals surface area contributed by atoms with Crippen molar-refractivity contribution >= 4 is 23.7 Å². The van der Waals surface area contributed by atoms with Crippen molar-refractivity contribution in [2.24, 2.45) is 12.2 Å². The number of aryl methyl sites for hydroxylation is 1. The summed E-state index contributed by atoms with van der Waals surface area (Å²) in [4.78, 5) is 41.6. The number of carbonyl (C=O) groups is 2. The first-order valence-electron chi connectivity index (χ1n) is 9.99. The lowest BCUT2D eigenvalue weighted by Gasteiger charge is -2.07. The van der Waals surface area contributed by atoms with E-state index >= 15 is 0 Å². The van der Waals surface area contributed by atoms with Gasteiger partial charge in [0.25, 0.3) is 17.4 Å². The quantitative estimate of drug-likeness (QED) is 0.417. The SMILES string of the molecule is Cc1ccc(CNC(=O)CON=CC(=O)Nc2c(C)n(C)n(-c3ccccc3)c2=O)cc1. The van der Waals surface area contributed by atoms with Gasteiger partial charge in [0.1, 0.15) is 11.9 Å². The van der Waals surface area contributed by atoms with Gasteiger partial charge >= 0.3 is 0 Å². The fraction of sp³-hybridized carbons (Fsp3) is 0.217. The lowest BCUT2D eigenvalue weighted by atomic mass is 10.1. The number of carbonyl (C=O) groups excluding carboxylic acids is 2. The van der Waals surface area contributed by atoms with Crippen LogP contribution in [0.4, 0.5) is 5.69 Å². The van der Waals surface area contributed by atoms with E-state index in [0.717, 1.165) is 17.3 Å². The van der Waals surface area contributed by atoms with Crippen molar-refractivity contribution in [2.45, 2.75) is 20.4 Å². The average Bonchev–Trinajstić information content (AvgIpc) is 3.00. The van der Waals surface area contributed by atoms with E-state index in [-0.39, 0.29) is 23.8 Å². The highest BCUT2D eigenvalue weighted by molar-refractivity contribution is 6.31. The fourth-order valence-electron chi connectivity index (χ4n) is 3.01. The molecular formula is C23H25N5O4. The minimum absolute atomic E-state index is 0.142. The van der Waals surface area contributed by atoms with Crippen LogP contribution in [0.5, 0.6) is 0 Å². The Kier molecular flexibility index (Phi) is 7.22. The largest absolute Gasteiger partial charge is 0.386 e. The Balaban J connectivity index is 1.52. The third-order valence-corrected chi connectivity index (χ3v) is 4.85. The Morgan fingerprint density at radius 1 is 1.06 bits per heavy atom. The Bertz CT molecular complexity index is 1180. The zero-order valence-corrected chi connectivity index (χ0v) is 18.2. The molecule has 0 saturated carbocycles. The van der Waals surface area contributed by atoms with Crippen molar-refractivity contribution in [1.82, 2.24) is 14.7 Å². The maximum absolute atomic E-state index is 12.8. The van der Waals surface area contributed by atoms with Crippen molar-refractivity contribution in [1.29, 1.82) is 0 Å². The van der Waals surface area contributed by atoms with Crippen LogP contribution in [-0.4, -0.2) is 34.0 Å². The molecule has 0 saturated heterocycles. The van der Waals surface area contributed by atoms with Crippen LogP contribution in [0.1, 0.15) is 16.8 Å². The van der Waals surface area contributed by atoms with E-state index in [0.29, 0.717) is 17.9 Å². The van der Waals surface area contributed by atoms with Gasteiger partial charge < -0.3 is 15.5 Å². The number of para-hydroxylation sites is 1. The molecule has 0 spiro atoms. The molecular weight excluding hydrogens is 410 g/mol. The summed E-state index contributed by atoms with van der Waals surface area (Å²) in [6.07, 6.45) is 0.881. The zero-order valence-electron chi connectivity index (χ0n) is 18.2. The van der Waals surface area contributed by atoms with Crippen LogP contribution in [0.25, 0.3) is 5.69 Å². The maximum Gasteiger partial charge on any atom is 0.295 e. The molecule has 2 N–H and O–H groups in total. The molecule has 0 aliphatic rings. The smallest absolute Gasteiger partial charge is 0.295 e. The number of nitrogens with one attached hydrogen (secondary N) is 2. The van der Waals surface area contributed by atoms with Crippen LogP contribution < -0.4 is 16.2 Å². The molecule has 3 rings (SSSR count). The monoisotopic (exact) mass is 435 g/mol. The van der Waals surface area contributed by atoms with Crippen molar-refractivity contribution < 1.29 is 14.4 Å². The summed E-state index contributed by atoms with van der Waals surface area (Å²) in [6.45, 7) is 3.75. The standard InChI is InChI=1S/C23H25N5O4/c1-16-9-11-18(12-10-16)13-24-21(30)15-32-25-14-20(29)26-22-17(2)27(3)28(23(22)31)19-7-5-4-6-8-19/h4-12,14H,13,15H2,1-3H3,(H,24,30)(H,26,29). The number of rotatable bonds is 8. The average molecular weight is 435 g/mol. The minimum atomic E-state index is -0.643. The maximum atomic E-state index is 12.8. The molecule has 0 fully saturated rings. The van der Waals surface area contributed by atoms with E-state index < -0.39 is 5.91 Å². The van der Waals surface area contributed by atoms with E-state index in [2.05, 4.69) is 15.8 Å². The molecule has 1 aromatic heterocycles. The number of hydrogen-bond donors (Lipinski definition) is 2. The van der Waals surface area contributed by atoms with Gasteiger partial charge in [-0.05, 0) is 31.5 Å². The van der Waals surface area contributed by atoms with Crippen molar-refractivity contribution in [3.05, 3.63) is 81.8 Å². The molecule has 0 bridgehead atoms. The molecule has 32 heavy (non-hydrogen) atoms. The molecule has 166 valence electrons. The van der Waals surface area contributed by atoms with Crippen LogP contribution in [0.3, 0.4) is 0 Å². The highest BCUT2D eigenvalue weighted by Crippen LogP contribution is 2.13. The second kappa shape index (κ2) is 10.3. The number of hydrogen-bond acceptors (Lipinski definition) is 5. The predicted octanol–water partition coefficient (Wildman–Crippen LogP) is 2.05. The van der Waals surface area contributed by atoms with Gasteiger partial charge in [-0.1, -0.05) is 53.2 Å². The number of anilines is 1. The molecule has 0 aliphatic heterocycles. The summed E-state index contributed by atoms with van der Waals surface area (Å²) in [7, 11) is 1.73. The highest BCUT2D eigenvalue weighted by atomic mass is 16.6. The Morgan fingerprint density at radius 3 is 2.44 bits per heavy atom. The van der Waals surface area contributed by atoms with Crippen LogP contribution in [0, 0.1) is 13.8 Å². The summed E-state index contributed by atoms with van der Waals surface area (Å²) in [5.41, 5.74) is 3.14. The summed E-state index contributed by atoms with van der Waals surface area (Å²) < 4.78 is 3.11. The van der Waals surface area contributed by atoms with Gasteiger partial charge in [-0.3, -0.25) is 19.1 Å². The number of benzene rings is 2. The van der Waals surface area contributed by atoms with E-state index in [1.807, 2.05) is 49.4 Å². The van der Waals surface area contributed by atoms with Gasteiger partial charge in [0.15, 0.2) is 6.61 Å². The molecule has 9 heteroatoms. The normalized spacial score (nSPS) is 10.8. The molecule has 0 radical (unpaired) electrons. The van der Waals surface area contributed by atoms with Crippen LogP contribution in [0.2, 0.25) is 0 Å².